The number of morpholine rings is 1. The zero-order valence-corrected chi connectivity index (χ0v) is 12.5. The van der Waals surface area contributed by atoms with Gasteiger partial charge in [-0.15, -0.1) is 0 Å². The molecule has 1 aromatic rings. The smallest absolute Gasteiger partial charge is 0.416 e. The van der Waals surface area contributed by atoms with Crippen molar-refractivity contribution >= 4 is 17.6 Å². The summed E-state index contributed by atoms with van der Waals surface area (Å²) in [5.74, 6) is -1.02. The molecule has 1 saturated heterocycles. The van der Waals surface area contributed by atoms with Crippen molar-refractivity contribution in [3.05, 3.63) is 29.8 Å². The van der Waals surface area contributed by atoms with Gasteiger partial charge in [-0.1, -0.05) is 13.0 Å². The Kier molecular flexibility index (Phi) is 5.25. The molecule has 2 rings (SSSR count). The molecule has 1 aliphatic rings. The van der Waals surface area contributed by atoms with Crippen LogP contribution in [0.15, 0.2) is 24.3 Å². The Hall–Kier alpha value is -2.09. The van der Waals surface area contributed by atoms with Crippen LogP contribution in [0.4, 0.5) is 18.9 Å². The molecule has 1 N–H and O–H groups in total. The van der Waals surface area contributed by atoms with Crippen LogP contribution < -0.4 is 5.32 Å². The number of carbonyl (C=O) groups excluding carboxylic acids is 2. The van der Waals surface area contributed by atoms with Gasteiger partial charge in [0, 0.05) is 12.2 Å². The Morgan fingerprint density at radius 2 is 2.17 bits per heavy atom. The lowest BCUT2D eigenvalue weighted by molar-refractivity contribution is -0.158. The third-order valence-electron chi connectivity index (χ3n) is 3.59. The maximum atomic E-state index is 12.6. The summed E-state index contributed by atoms with van der Waals surface area (Å²) >= 11 is 0. The molecule has 1 aliphatic heterocycles. The zero-order chi connectivity index (χ0) is 17.0. The topological polar surface area (TPSA) is 58.6 Å². The van der Waals surface area contributed by atoms with Gasteiger partial charge in [-0.2, -0.15) is 13.2 Å². The average molecular weight is 330 g/mol. The number of cyclic esters (lactones) is 1. The van der Waals surface area contributed by atoms with E-state index >= 15 is 0 Å². The molecular formula is C15H17F3N2O3. The fourth-order valence-electron chi connectivity index (χ4n) is 2.42. The summed E-state index contributed by atoms with van der Waals surface area (Å²) in [7, 11) is 0. The molecule has 0 spiro atoms. The summed E-state index contributed by atoms with van der Waals surface area (Å²) in [4.78, 5) is 25.6. The van der Waals surface area contributed by atoms with Crippen molar-refractivity contribution in [3.63, 3.8) is 0 Å². The molecule has 1 unspecified atom stereocenters. The molecule has 5 nitrogen and oxygen atoms in total. The summed E-state index contributed by atoms with van der Waals surface area (Å²) in [6.45, 7) is 3.25. The van der Waals surface area contributed by atoms with Crippen molar-refractivity contribution in [1.82, 2.24) is 4.90 Å². The highest BCUT2D eigenvalue weighted by molar-refractivity contribution is 5.94. The van der Waals surface area contributed by atoms with E-state index in [1.807, 2.05) is 6.92 Å². The summed E-state index contributed by atoms with van der Waals surface area (Å²) < 4.78 is 42.9. The number of hydrogen-bond acceptors (Lipinski definition) is 4. The zero-order valence-electron chi connectivity index (χ0n) is 12.5. The number of halogens is 3. The fraction of sp³-hybridized carbons (Fsp3) is 0.467. The predicted molar refractivity (Wildman–Crippen MR) is 76.7 cm³/mol. The minimum Gasteiger partial charge on any atom is -0.463 e. The van der Waals surface area contributed by atoms with Crippen molar-refractivity contribution in [2.24, 2.45) is 0 Å². The van der Waals surface area contributed by atoms with E-state index in [1.165, 1.54) is 12.1 Å². The first kappa shape index (κ1) is 17.3. The number of esters is 1. The maximum absolute atomic E-state index is 12.6. The fourth-order valence-corrected chi connectivity index (χ4v) is 2.42. The van der Waals surface area contributed by atoms with Crippen molar-refractivity contribution in [1.29, 1.82) is 0 Å². The first-order chi connectivity index (χ1) is 10.8. The van der Waals surface area contributed by atoms with Gasteiger partial charge in [0.05, 0.1) is 12.0 Å². The number of benzene rings is 1. The molecule has 1 amide bonds. The van der Waals surface area contributed by atoms with Crippen molar-refractivity contribution in [2.45, 2.75) is 25.6 Å². The van der Waals surface area contributed by atoms with Crippen LogP contribution in [0.2, 0.25) is 0 Å². The van der Waals surface area contributed by atoms with Crippen molar-refractivity contribution < 1.29 is 27.5 Å². The minimum atomic E-state index is -4.48. The number of likely N-dealkylation sites (N-methyl/N-ethyl adjacent to an activating group) is 1. The van der Waals surface area contributed by atoms with E-state index in [4.69, 9.17) is 4.74 Å². The van der Waals surface area contributed by atoms with E-state index in [0.717, 1.165) is 12.1 Å². The standard InChI is InChI=1S/C15H17F3N2O3/c1-2-20-6-7-23-14(22)12(20)9-13(21)19-11-5-3-4-10(8-11)15(16,17)18/h3-5,8,12H,2,6-7,9H2,1H3,(H,19,21). The lowest BCUT2D eigenvalue weighted by atomic mass is 10.1. The van der Waals surface area contributed by atoms with Crippen LogP contribution in [0.3, 0.4) is 0 Å². The van der Waals surface area contributed by atoms with Crippen LogP contribution in [0.1, 0.15) is 18.9 Å². The van der Waals surface area contributed by atoms with E-state index in [-0.39, 0.29) is 18.7 Å². The largest absolute Gasteiger partial charge is 0.463 e. The molecular weight excluding hydrogens is 313 g/mol. The number of nitrogens with one attached hydrogen (secondary N) is 1. The number of amides is 1. The third kappa shape index (κ3) is 4.44. The predicted octanol–water partition coefficient (Wildman–Crippen LogP) is 2.28. The Labute approximate surface area is 131 Å². The molecule has 8 heteroatoms. The molecule has 0 saturated carbocycles. The molecule has 23 heavy (non-hydrogen) atoms. The highest BCUT2D eigenvalue weighted by Gasteiger charge is 2.33. The van der Waals surface area contributed by atoms with Gasteiger partial charge in [-0.25, -0.2) is 0 Å². The van der Waals surface area contributed by atoms with Gasteiger partial charge in [0.1, 0.15) is 12.6 Å². The lowest BCUT2D eigenvalue weighted by Gasteiger charge is -2.32. The number of nitrogens with zero attached hydrogens (tertiary/aromatic N) is 1. The summed E-state index contributed by atoms with van der Waals surface area (Å²) in [5.41, 5.74) is -0.806. The average Bonchev–Trinajstić information content (AvgIpc) is 2.48. The number of carbonyl (C=O) groups is 2. The van der Waals surface area contributed by atoms with E-state index < -0.39 is 29.7 Å². The molecule has 1 atom stereocenters. The van der Waals surface area contributed by atoms with E-state index in [2.05, 4.69) is 5.32 Å². The molecule has 0 radical (unpaired) electrons. The molecule has 0 aromatic heterocycles. The van der Waals surface area contributed by atoms with E-state index in [0.29, 0.717) is 13.1 Å². The van der Waals surface area contributed by atoms with Crippen molar-refractivity contribution in [2.75, 3.05) is 25.0 Å². The quantitative estimate of drug-likeness (QED) is 0.861. The first-order valence-corrected chi connectivity index (χ1v) is 7.19. The summed E-state index contributed by atoms with van der Waals surface area (Å²) in [5, 5.41) is 2.39. The Morgan fingerprint density at radius 1 is 1.43 bits per heavy atom. The van der Waals surface area contributed by atoms with Crippen LogP contribution in [0.5, 0.6) is 0 Å². The summed E-state index contributed by atoms with van der Waals surface area (Å²) in [6, 6.07) is 3.65. The Morgan fingerprint density at radius 3 is 2.83 bits per heavy atom. The van der Waals surface area contributed by atoms with Crippen LogP contribution in [-0.4, -0.2) is 42.5 Å². The minimum absolute atomic E-state index is 0.0389. The third-order valence-corrected chi connectivity index (χ3v) is 3.59. The second-order valence-corrected chi connectivity index (χ2v) is 5.14. The van der Waals surface area contributed by atoms with Gasteiger partial charge >= 0.3 is 12.1 Å². The lowest BCUT2D eigenvalue weighted by Crippen LogP contribution is -2.50. The van der Waals surface area contributed by atoms with Gasteiger partial charge < -0.3 is 10.1 Å². The SMILES string of the molecule is CCN1CCOC(=O)C1CC(=O)Nc1cccc(C(F)(F)F)c1. The molecule has 1 aromatic carbocycles. The molecule has 126 valence electrons. The normalized spacial score (nSPS) is 19.3. The summed E-state index contributed by atoms with van der Waals surface area (Å²) in [6.07, 6.45) is -4.64. The van der Waals surface area contributed by atoms with E-state index in [9.17, 15) is 22.8 Å². The van der Waals surface area contributed by atoms with Crippen LogP contribution in [0.25, 0.3) is 0 Å². The highest BCUT2D eigenvalue weighted by Crippen LogP contribution is 2.30. The number of alkyl halides is 3. The second kappa shape index (κ2) is 6.99. The Balaban J connectivity index is 2.03. The number of hydrogen-bond donors (Lipinski definition) is 1. The van der Waals surface area contributed by atoms with Gasteiger partial charge in [-0.05, 0) is 24.7 Å². The van der Waals surface area contributed by atoms with Gasteiger partial charge in [0.2, 0.25) is 5.91 Å². The molecule has 1 fully saturated rings. The molecule has 1 heterocycles. The van der Waals surface area contributed by atoms with Gasteiger partial charge in [-0.3, -0.25) is 14.5 Å². The van der Waals surface area contributed by atoms with Crippen LogP contribution in [0, 0.1) is 0 Å². The Bertz CT molecular complexity index is 590. The van der Waals surface area contributed by atoms with Crippen molar-refractivity contribution in [3.8, 4) is 0 Å². The maximum Gasteiger partial charge on any atom is 0.416 e. The number of rotatable bonds is 4. The molecule has 0 aliphatic carbocycles. The van der Waals surface area contributed by atoms with Gasteiger partial charge in [0.25, 0.3) is 0 Å². The number of anilines is 1. The van der Waals surface area contributed by atoms with Gasteiger partial charge in [0.15, 0.2) is 0 Å². The first-order valence-electron chi connectivity index (χ1n) is 7.19. The van der Waals surface area contributed by atoms with Crippen LogP contribution >= 0.6 is 0 Å². The van der Waals surface area contributed by atoms with E-state index in [1.54, 1.807) is 4.90 Å². The second-order valence-electron chi connectivity index (χ2n) is 5.14. The highest BCUT2D eigenvalue weighted by atomic mass is 19.4. The molecule has 0 bridgehead atoms. The number of ether oxygens (including phenoxy) is 1. The van der Waals surface area contributed by atoms with Crippen LogP contribution in [-0.2, 0) is 20.5 Å². The monoisotopic (exact) mass is 330 g/mol.